The maximum absolute atomic E-state index is 11.8. The molecule has 1 aliphatic heterocycles. The molecule has 1 heterocycles. The first kappa shape index (κ1) is 14.5. The van der Waals surface area contributed by atoms with Crippen LogP contribution in [0.25, 0.3) is 0 Å². The predicted octanol–water partition coefficient (Wildman–Crippen LogP) is 0.927. The number of hydrogen-bond acceptors (Lipinski definition) is 3. The van der Waals surface area contributed by atoms with Gasteiger partial charge in [0.15, 0.2) is 0 Å². The number of carbonyl (C=O) groups is 1. The van der Waals surface area contributed by atoms with Gasteiger partial charge in [-0.25, -0.2) is 0 Å². The van der Waals surface area contributed by atoms with Gasteiger partial charge in [0.25, 0.3) is 0 Å². The summed E-state index contributed by atoms with van der Waals surface area (Å²) in [4.78, 5) is 16.0. The lowest BCUT2D eigenvalue weighted by Crippen LogP contribution is -2.43. The van der Waals surface area contributed by atoms with Crippen molar-refractivity contribution in [1.29, 1.82) is 0 Å². The molecule has 1 saturated heterocycles. The van der Waals surface area contributed by atoms with Crippen LogP contribution < -0.4 is 5.32 Å². The van der Waals surface area contributed by atoms with E-state index in [1.54, 1.807) is 4.90 Å². The van der Waals surface area contributed by atoms with Crippen molar-refractivity contribution in [2.24, 2.45) is 0 Å². The Morgan fingerprint density at radius 3 is 2.82 bits per heavy atom. The molecule has 4 heteroatoms. The van der Waals surface area contributed by atoms with Crippen LogP contribution in [0.1, 0.15) is 33.6 Å². The smallest absolute Gasteiger partial charge is 0.236 e. The molecule has 0 aromatic rings. The van der Waals surface area contributed by atoms with E-state index in [1.165, 1.54) is 19.4 Å². The zero-order chi connectivity index (χ0) is 12.8. The number of nitrogens with zero attached hydrogens (tertiary/aromatic N) is 2. The van der Waals surface area contributed by atoms with Gasteiger partial charge in [0.1, 0.15) is 0 Å². The fraction of sp³-hybridized carbons (Fsp3) is 0.923. The minimum Gasteiger partial charge on any atom is -0.342 e. The maximum atomic E-state index is 11.8. The minimum absolute atomic E-state index is 0.182. The summed E-state index contributed by atoms with van der Waals surface area (Å²) >= 11 is 0. The van der Waals surface area contributed by atoms with E-state index in [4.69, 9.17) is 0 Å². The van der Waals surface area contributed by atoms with Gasteiger partial charge in [-0.15, -0.1) is 0 Å². The van der Waals surface area contributed by atoms with Gasteiger partial charge in [0.05, 0.1) is 6.54 Å². The third kappa shape index (κ3) is 4.28. The number of amides is 1. The monoisotopic (exact) mass is 241 g/mol. The molecular formula is C13H27N3O. The molecule has 0 saturated carbocycles. The summed E-state index contributed by atoms with van der Waals surface area (Å²) in [5.41, 5.74) is 0. The molecule has 1 rings (SSSR count). The van der Waals surface area contributed by atoms with Crippen molar-refractivity contribution in [3.8, 4) is 0 Å². The summed E-state index contributed by atoms with van der Waals surface area (Å²) < 4.78 is 0. The lowest BCUT2D eigenvalue weighted by atomic mass is 10.2. The van der Waals surface area contributed by atoms with Crippen LogP contribution in [0, 0.1) is 0 Å². The number of rotatable bonds is 6. The number of likely N-dealkylation sites (N-methyl/N-ethyl adjacent to an activating group) is 2. The van der Waals surface area contributed by atoms with E-state index in [1.807, 2.05) is 20.9 Å². The molecule has 1 unspecified atom stereocenters. The highest BCUT2D eigenvalue weighted by atomic mass is 16.2. The highest BCUT2D eigenvalue weighted by Gasteiger charge is 2.22. The second-order valence-corrected chi connectivity index (χ2v) is 5.15. The van der Waals surface area contributed by atoms with Crippen LogP contribution in [0.5, 0.6) is 0 Å². The van der Waals surface area contributed by atoms with Gasteiger partial charge < -0.3 is 10.2 Å². The summed E-state index contributed by atoms with van der Waals surface area (Å²) in [7, 11) is 1.86. The van der Waals surface area contributed by atoms with Gasteiger partial charge in [0, 0.05) is 25.7 Å². The van der Waals surface area contributed by atoms with Crippen LogP contribution in [0.4, 0.5) is 0 Å². The third-order valence-electron chi connectivity index (χ3n) is 3.73. The highest BCUT2D eigenvalue weighted by Crippen LogP contribution is 2.15. The Kier molecular flexibility index (Phi) is 5.92. The van der Waals surface area contributed by atoms with Crippen molar-refractivity contribution in [2.45, 2.75) is 45.7 Å². The first-order valence-electron chi connectivity index (χ1n) is 6.76. The molecule has 0 aromatic heterocycles. The molecule has 1 amide bonds. The van der Waals surface area contributed by atoms with Crippen LogP contribution in [0.15, 0.2) is 0 Å². The Balaban J connectivity index is 2.21. The number of nitrogens with one attached hydrogen (secondary N) is 1. The van der Waals surface area contributed by atoms with Gasteiger partial charge in [0.2, 0.25) is 5.91 Å². The molecule has 0 radical (unpaired) electrons. The molecule has 1 atom stereocenters. The topological polar surface area (TPSA) is 35.6 Å². The second-order valence-electron chi connectivity index (χ2n) is 5.15. The summed E-state index contributed by atoms with van der Waals surface area (Å²) in [5, 5.41) is 3.29. The SMILES string of the molecule is CCN1CCCC1CNCC(=O)N(C)C(C)C. The lowest BCUT2D eigenvalue weighted by molar-refractivity contribution is -0.130. The average molecular weight is 241 g/mol. The summed E-state index contributed by atoms with van der Waals surface area (Å²) in [6.45, 7) is 10.0. The number of hydrogen-bond donors (Lipinski definition) is 1. The Labute approximate surface area is 105 Å². The Bertz CT molecular complexity index is 243. The van der Waals surface area contributed by atoms with Gasteiger partial charge in [-0.3, -0.25) is 9.69 Å². The van der Waals surface area contributed by atoms with Gasteiger partial charge in [-0.2, -0.15) is 0 Å². The molecule has 17 heavy (non-hydrogen) atoms. The average Bonchev–Trinajstić information content (AvgIpc) is 2.75. The molecule has 0 spiro atoms. The Morgan fingerprint density at radius 1 is 1.53 bits per heavy atom. The zero-order valence-corrected chi connectivity index (χ0v) is 11.7. The molecule has 0 aliphatic carbocycles. The van der Waals surface area contributed by atoms with E-state index < -0.39 is 0 Å². The van der Waals surface area contributed by atoms with Crippen LogP contribution in [-0.4, -0.2) is 61.0 Å². The second kappa shape index (κ2) is 6.97. The van der Waals surface area contributed by atoms with Crippen molar-refractivity contribution in [1.82, 2.24) is 15.1 Å². The zero-order valence-electron chi connectivity index (χ0n) is 11.7. The van der Waals surface area contributed by atoms with E-state index in [-0.39, 0.29) is 11.9 Å². The molecule has 1 N–H and O–H groups in total. The van der Waals surface area contributed by atoms with Crippen LogP contribution >= 0.6 is 0 Å². The molecule has 4 nitrogen and oxygen atoms in total. The number of carbonyl (C=O) groups excluding carboxylic acids is 1. The van der Waals surface area contributed by atoms with E-state index in [9.17, 15) is 4.79 Å². The first-order valence-corrected chi connectivity index (χ1v) is 6.76. The van der Waals surface area contributed by atoms with Crippen molar-refractivity contribution in [3.05, 3.63) is 0 Å². The van der Waals surface area contributed by atoms with Crippen molar-refractivity contribution in [2.75, 3.05) is 33.2 Å². The third-order valence-corrected chi connectivity index (χ3v) is 3.73. The van der Waals surface area contributed by atoms with Crippen LogP contribution in [0.2, 0.25) is 0 Å². The van der Waals surface area contributed by atoms with Crippen molar-refractivity contribution >= 4 is 5.91 Å². The largest absolute Gasteiger partial charge is 0.342 e. The summed E-state index contributed by atoms with van der Waals surface area (Å²) in [5.74, 6) is 0.182. The number of likely N-dealkylation sites (tertiary alicyclic amines) is 1. The van der Waals surface area contributed by atoms with Crippen molar-refractivity contribution in [3.63, 3.8) is 0 Å². The summed E-state index contributed by atoms with van der Waals surface area (Å²) in [6, 6.07) is 0.903. The minimum atomic E-state index is 0.182. The lowest BCUT2D eigenvalue weighted by Gasteiger charge is -2.25. The normalized spacial score (nSPS) is 21.1. The molecule has 1 fully saturated rings. The quantitative estimate of drug-likeness (QED) is 0.751. The molecule has 0 aromatic carbocycles. The molecular weight excluding hydrogens is 214 g/mol. The van der Waals surface area contributed by atoms with E-state index >= 15 is 0 Å². The fourth-order valence-electron chi connectivity index (χ4n) is 2.30. The van der Waals surface area contributed by atoms with E-state index in [0.29, 0.717) is 12.6 Å². The van der Waals surface area contributed by atoms with Crippen molar-refractivity contribution < 1.29 is 4.79 Å². The molecule has 1 aliphatic rings. The van der Waals surface area contributed by atoms with E-state index in [0.717, 1.165) is 13.1 Å². The molecule has 0 bridgehead atoms. The fourth-order valence-corrected chi connectivity index (χ4v) is 2.30. The van der Waals surface area contributed by atoms with Crippen LogP contribution in [-0.2, 0) is 4.79 Å². The maximum Gasteiger partial charge on any atom is 0.236 e. The van der Waals surface area contributed by atoms with E-state index in [2.05, 4.69) is 17.1 Å². The summed E-state index contributed by atoms with van der Waals surface area (Å²) in [6.07, 6.45) is 2.55. The Hall–Kier alpha value is -0.610. The standard InChI is InChI=1S/C13H27N3O/c1-5-16-8-6-7-12(16)9-14-10-13(17)15(4)11(2)3/h11-12,14H,5-10H2,1-4H3. The predicted molar refractivity (Wildman–Crippen MR) is 71.0 cm³/mol. The first-order chi connectivity index (χ1) is 8.06. The Morgan fingerprint density at radius 2 is 2.24 bits per heavy atom. The van der Waals surface area contributed by atoms with Gasteiger partial charge in [-0.05, 0) is 39.8 Å². The van der Waals surface area contributed by atoms with Gasteiger partial charge >= 0.3 is 0 Å². The van der Waals surface area contributed by atoms with Crippen LogP contribution in [0.3, 0.4) is 0 Å². The van der Waals surface area contributed by atoms with Gasteiger partial charge in [-0.1, -0.05) is 6.92 Å². The molecule has 100 valence electrons. The highest BCUT2D eigenvalue weighted by molar-refractivity contribution is 5.78.